The van der Waals surface area contributed by atoms with Crippen LogP contribution in [0.5, 0.6) is 0 Å². The van der Waals surface area contributed by atoms with Crippen LogP contribution in [0, 0.1) is 5.92 Å². The number of methoxy groups -OCH3 is 3. The van der Waals surface area contributed by atoms with E-state index in [1.54, 1.807) is 6.92 Å². The van der Waals surface area contributed by atoms with E-state index in [1.165, 1.54) is 21.3 Å². The Morgan fingerprint density at radius 2 is 1.64 bits per heavy atom. The lowest BCUT2D eigenvalue weighted by Crippen LogP contribution is -2.17. The number of hydrogen-bond donors (Lipinski definition) is 0. The Kier molecular flexibility index (Phi) is 5.36. The third-order valence-electron chi connectivity index (χ3n) is 1.68. The molecule has 0 aliphatic carbocycles. The van der Waals surface area contributed by atoms with Crippen LogP contribution in [0.2, 0.25) is 0 Å². The molecule has 0 bridgehead atoms. The van der Waals surface area contributed by atoms with Crippen LogP contribution >= 0.6 is 0 Å². The molecule has 0 aromatic heterocycles. The normalized spacial score (nSPS) is 13.0. The monoisotopic (exact) mass is 202 g/mol. The van der Waals surface area contributed by atoms with Crippen molar-refractivity contribution in [3.63, 3.8) is 0 Å². The number of ether oxygens (including phenoxy) is 3. The molecule has 0 aliphatic rings. The summed E-state index contributed by atoms with van der Waals surface area (Å²) in [5.41, 5.74) is 0. The molecule has 0 fully saturated rings. The van der Waals surface area contributed by atoms with Crippen LogP contribution in [0.4, 0.5) is 0 Å². The molecule has 0 aromatic carbocycles. The van der Waals surface area contributed by atoms with Gasteiger partial charge in [-0.3, -0.25) is 4.79 Å². The lowest BCUT2D eigenvalue weighted by Gasteiger charge is -2.11. The summed E-state index contributed by atoms with van der Waals surface area (Å²) in [7, 11) is 3.88. The second-order valence-electron chi connectivity index (χ2n) is 2.52. The lowest BCUT2D eigenvalue weighted by atomic mass is 10.1. The van der Waals surface area contributed by atoms with Gasteiger partial charge in [-0.1, -0.05) is 0 Å². The first-order valence-electron chi connectivity index (χ1n) is 3.98. The predicted octanol–water partition coefficient (Wildman–Crippen LogP) is 0.499. The average Bonchev–Trinajstić information content (AvgIpc) is 2.23. The standard InChI is InChI=1S/C9H14O5/c1-6(9(11)14-4)7(12-2)5-8(10)13-3/h5-6H,1-4H3/b7-5+. The average molecular weight is 202 g/mol. The predicted molar refractivity (Wildman–Crippen MR) is 48.3 cm³/mol. The number of hydrogen-bond acceptors (Lipinski definition) is 5. The van der Waals surface area contributed by atoms with E-state index in [0.717, 1.165) is 6.08 Å². The fourth-order valence-electron chi connectivity index (χ4n) is 0.829. The van der Waals surface area contributed by atoms with Gasteiger partial charge in [0.15, 0.2) is 0 Å². The summed E-state index contributed by atoms with van der Waals surface area (Å²) in [6, 6.07) is 0. The molecule has 0 saturated carbocycles. The molecule has 5 heteroatoms. The molecule has 0 amide bonds. The van der Waals surface area contributed by atoms with Gasteiger partial charge in [-0.2, -0.15) is 0 Å². The summed E-state index contributed by atoms with van der Waals surface area (Å²) < 4.78 is 13.8. The van der Waals surface area contributed by atoms with Crippen LogP contribution in [-0.2, 0) is 23.8 Å². The molecule has 0 aliphatic heterocycles. The molecule has 0 rings (SSSR count). The highest BCUT2D eigenvalue weighted by atomic mass is 16.5. The van der Waals surface area contributed by atoms with E-state index < -0.39 is 17.9 Å². The second kappa shape index (κ2) is 6.01. The first kappa shape index (κ1) is 12.5. The first-order chi connectivity index (χ1) is 6.56. The molecule has 0 radical (unpaired) electrons. The third kappa shape index (κ3) is 3.47. The molecule has 14 heavy (non-hydrogen) atoms. The Labute approximate surface area is 82.6 Å². The minimum absolute atomic E-state index is 0.212. The highest BCUT2D eigenvalue weighted by Gasteiger charge is 2.20. The summed E-state index contributed by atoms with van der Waals surface area (Å²) >= 11 is 0. The number of rotatable bonds is 4. The zero-order chi connectivity index (χ0) is 11.1. The SMILES string of the molecule is COC(=O)/C=C(/OC)C(C)C(=O)OC. The van der Waals surface area contributed by atoms with Crippen LogP contribution in [0.25, 0.3) is 0 Å². The molecule has 5 nitrogen and oxygen atoms in total. The summed E-state index contributed by atoms with van der Waals surface area (Å²) in [6.07, 6.45) is 1.11. The number of carbonyl (C=O) groups is 2. The number of esters is 2. The van der Waals surface area contributed by atoms with Gasteiger partial charge < -0.3 is 14.2 Å². The molecular weight excluding hydrogens is 188 g/mol. The fraction of sp³-hybridized carbons (Fsp3) is 0.556. The summed E-state index contributed by atoms with van der Waals surface area (Å²) in [5.74, 6) is -1.45. The van der Waals surface area contributed by atoms with Gasteiger partial charge in [-0.25, -0.2) is 4.79 Å². The van der Waals surface area contributed by atoms with Gasteiger partial charge in [-0.15, -0.1) is 0 Å². The van der Waals surface area contributed by atoms with Crippen LogP contribution in [0.1, 0.15) is 6.92 Å². The lowest BCUT2D eigenvalue weighted by molar-refractivity contribution is -0.144. The molecule has 1 atom stereocenters. The largest absolute Gasteiger partial charge is 0.500 e. The van der Waals surface area contributed by atoms with E-state index >= 15 is 0 Å². The third-order valence-corrected chi connectivity index (χ3v) is 1.68. The molecule has 1 unspecified atom stereocenters. The minimum atomic E-state index is -0.621. The Hall–Kier alpha value is -1.52. The van der Waals surface area contributed by atoms with Crippen molar-refractivity contribution >= 4 is 11.9 Å². The summed E-state index contributed by atoms with van der Waals surface area (Å²) in [5, 5.41) is 0. The highest BCUT2D eigenvalue weighted by Crippen LogP contribution is 2.12. The van der Waals surface area contributed by atoms with Crippen molar-refractivity contribution in [3.05, 3.63) is 11.8 Å². The molecule has 0 aromatic rings. The Bertz CT molecular complexity index is 244. The Morgan fingerprint density at radius 3 is 2.00 bits per heavy atom. The van der Waals surface area contributed by atoms with Crippen molar-refractivity contribution in [3.8, 4) is 0 Å². The molecule has 0 saturated heterocycles. The molecule has 0 heterocycles. The smallest absolute Gasteiger partial charge is 0.333 e. The van der Waals surface area contributed by atoms with E-state index in [-0.39, 0.29) is 5.76 Å². The fourth-order valence-corrected chi connectivity index (χ4v) is 0.829. The van der Waals surface area contributed by atoms with Crippen molar-refractivity contribution < 1.29 is 23.8 Å². The van der Waals surface area contributed by atoms with E-state index in [9.17, 15) is 9.59 Å². The maximum absolute atomic E-state index is 11.1. The quantitative estimate of drug-likeness (QED) is 0.377. The van der Waals surface area contributed by atoms with Gasteiger partial charge in [0.1, 0.15) is 11.7 Å². The van der Waals surface area contributed by atoms with Crippen molar-refractivity contribution in [2.75, 3.05) is 21.3 Å². The highest BCUT2D eigenvalue weighted by molar-refractivity contribution is 5.84. The summed E-state index contributed by atoms with van der Waals surface area (Å²) in [4.78, 5) is 22.0. The van der Waals surface area contributed by atoms with Crippen molar-refractivity contribution in [2.45, 2.75) is 6.92 Å². The molecule has 0 spiro atoms. The van der Waals surface area contributed by atoms with Crippen molar-refractivity contribution in [1.82, 2.24) is 0 Å². The van der Waals surface area contributed by atoms with Gasteiger partial charge in [0.05, 0.1) is 27.4 Å². The zero-order valence-corrected chi connectivity index (χ0v) is 8.70. The van der Waals surface area contributed by atoms with E-state index in [2.05, 4.69) is 9.47 Å². The minimum Gasteiger partial charge on any atom is -0.500 e. The number of carbonyl (C=O) groups excluding carboxylic acids is 2. The molecular formula is C9H14O5. The maximum Gasteiger partial charge on any atom is 0.333 e. The maximum atomic E-state index is 11.1. The van der Waals surface area contributed by atoms with E-state index in [0.29, 0.717) is 0 Å². The van der Waals surface area contributed by atoms with Gasteiger partial charge in [-0.05, 0) is 6.92 Å². The van der Waals surface area contributed by atoms with Gasteiger partial charge in [0, 0.05) is 0 Å². The Balaban J connectivity index is 4.63. The van der Waals surface area contributed by atoms with Crippen LogP contribution < -0.4 is 0 Å². The second-order valence-corrected chi connectivity index (χ2v) is 2.52. The van der Waals surface area contributed by atoms with Crippen LogP contribution in [0.15, 0.2) is 11.8 Å². The van der Waals surface area contributed by atoms with Gasteiger partial charge >= 0.3 is 11.9 Å². The van der Waals surface area contributed by atoms with Crippen LogP contribution in [-0.4, -0.2) is 33.3 Å². The van der Waals surface area contributed by atoms with Crippen molar-refractivity contribution in [2.24, 2.45) is 5.92 Å². The van der Waals surface area contributed by atoms with E-state index in [1.807, 2.05) is 0 Å². The van der Waals surface area contributed by atoms with Crippen molar-refractivity contribution in [1.29, 1.82) is 0 Å². The topological polar surface area (TPSA) is 61.8 Å². The first-order valence-corrected chi connectivity index (χ1v) is 3.98. The van der Waals surface area contributed by atoms with Crippen LogP contribution in [0.3, 0.4) is 0 Å². The van der Waals surface area contributed by atoms with E-state index in [4.69, 9.17) is 4.74 Å². The molecule has 80 valence electrons. The summed E-state index contributed by atoms with van der Waals surface area (Å²) in [6.45, 7) is 1.57. The Morgan fingerprint density at radius 1 is 1.07 bits per heavy atom. The van der Waals surface area contributed by atoms with Gasteiger partial charge in [0.2, 0.25) is 0 Å². The van der Waals surface area contributed by atoms with Gasteiger partial charge in [0.25, 0.3) is 0 Å². The zero-order valence-electron chi connectivity index (χ0n) is 8.70. The molecule has 0 N–H and O–H groups in total.